The van der Waals surface area contributed by atoms with Gasteiger partial charge in [0, 0.05) is 12.8 Å². The minimum Gasteiger partial charge on any atom is -0.462 e. The Hall–Kier alpha value is -1.99. The van der Waals surface area contributed by atoms with Crippen molar-refractivity contribution < 1.29 is 37.9 Å². The van der Waals surface area contributed by atoms with Gasteiger partial charge in [-0.3, -0.25) is 14.1 Å². The molecule has 0 fully saturated rings. The fourth-order valence-corrected chi connectivity index (χ4v) is 4.49. The summed E-state index contributed by atoms with van der Waals surface area (Å²) in [7, 11) is -4.75. The van der Waals surface area contributed by atoms with Crippen molar-refractivity contribution in [1.82, 2.24) is 0 Å². The van der Waals surface area contributed by atoms with E-state index in [1.54, 1.807) is 0 Å². The van der Waals surface area contributed by atoms with Gasteiger partial charge in [-0.25, -0.2) is 4.57 Å². The Bertz CT molecular complexity index is 843. The Balaban J connectivity index is 4.09. The predicted octanol–water partition coefficient (Wildman–Crippen LogP) is 9.23. The highest BCUT2D eigenvalue weighted by molar-refractivity contribution is 7.46. The fraction of sp³-hybridized carbons (Fsp3) is 0.706. The average Bonchev–Trinajstić information content (AvgIpc) is 2.97. The Labute approximate surface area is 261 Å². The lowest BCUT2D eigenvalue weighted by Crippen LogP contribution is -2.29. The highest BCUT2D eigenvalue weighted by Gasteiger charge is 2.22. The Morgan fingerprint density at radius 2 is 1.09 bits per heavy atom. The van der Waals surface area contributed by atoms with Crippen molar-refractivity contribution in [3.8, 4) is 0 Å². The molecule has 0 aromatic rings. The molecule has 8 nitrogen and oxygen atoms in total. The van der Waals surface area contributed by atoms with Crippen LogP contribution in [0.4, 0.5) is 0 Å². The van der Waals surface area contributed by atoms with E-state index in [4.69, 9.17) is 19.3 Å². The van der Waals surface area contributed by atoms with Crippen molar-refractivity contribution in [2.45, 2.75) is 142 Å². The van der Waals surface area contributed by atoms with Gasteiger partial charge in [-0.05, 0) is 51.4 Å². The molecule has 0 radical (unpaired) electrons. The maximum Gasteiger partial charge on any atom is 0.469 e. The van der Waals surface area contributed by atoms with Crippen LogP contribution in [0.1, 0.15) is 136 Å². The van der Waals surface area contributed by atoms with Gasteiger partial charge in [0.1, 0.15) is 6.61 Å². The molecule has 0 saturated heterocycles. The third-order valence-electron chi connectivity index (χ3n) is 6.58. The van der Waals surface area contributed by atoms with Crippen molar-refractivity contribution in [1.29, 1.82) is 0 Å². The summed E-state index contributed by atoms with van der Waals surface area (Å²) in [5.74, 6) is -0.931. The van der Waals surface area contributed by atoms with E-state index in [2.05, 4.69) is 67.0 Å². The van der Waals surface area contributed by atoms with E-state index in [0.717, 1.165) is 70.6 Å². The highest BCUT2D eigenvalue weighted by atomic mass is 31.2. The van der Waals surface area contributed by atoms with Crippen molar-refractivity contribution in [3.05, 3.63) is 48.6 Å². The van der Waals surface area contributed by atoms with Crippen molar-refractivity contribution in [2.75, 3.05) is 13.2 Å². The quantitative estimate of drug-likeness (QED) is 0.0365. The Kier molecular flexibility index (Phi) is 28.7. The molecule has 0 aliphatic rings. The summed E-state index contributed by atoms with van der Waals surface area (Å²) in [6.45, 7) is 3.52. The number of allylic oxidation sites excluding steroid dienone is 8. The number of ether oxygens (including phenoxy) is 2. The number of unbranched alkanes of at least 4 members (excludes halogenated alkanes) is 11. The monoisotopic (exact) mass is 626 g/mol. The molecule has 0 saturated carbocycles. The van der Waals surface area contributed by atoms with E-state index in [-0.39, 0.29) is 19.4 Å². The zero-order valence-corrected chi connectivity index (χ0v) is 27.7. The van der Waals surface area contributed by atoms with Crippen LogP contribution in [-0.4, -0.2) is 41.0 Å². The van der Waals surface area contributed by atoms with Gasteiger partial charge < -0.3 is 19.3 Å². The maximum absolute atomic E-state index is 12.3. The SMILES string of the molecule is CCC/C=C/C/C=C/C/C=C/C/C=C/CCCCCC(=O)O[C@H](COC(=O)CCCCCCCCCC)COP(=O)(O)O. The molecule has 0 amide bonds. The third-order valence-corrected chi connectivity index (χ3v) is 7.07. The summed E-state index contributed by atoms with van der Waals surface area (Å²) >= 11 is 0. The van der Waals surface area contributed by atoms with Crippen LogP contribution in [0.3, 0.4) is 0 Å². The molecular formula is C34H59O8P. The van der Waals surface area contributed by atoms with Gasteiger partial charge in [-0.2, -0.15) is 0 Å². The molecule has 0 aliphatic carbocycles. The molecule has 1 atom stereocenters. The predicted molar refractivity (Wildman–Crippen MR) is 174 cm³/mol. The second-order valence-corrected chi connectivity index (χ2v) is 12.0. The Morgan fingerprint density at radius 1 is 0.605 bits per heavy atom. The standard InChI is InChI=1S/C34H59O8P/c1-3-5-7-9-11-13-14-15-16-17-18-19-20-21-23-25-27-29-34(36)42-32(31-41-43(37,38)39)30-40-33(35)28-26-24-22-12-10-8-6-4-2/h7,9,13-14,16-17,19-20,32H,3-6,8,10-12,15,18,21-31H2,1-2H3,(H2,37,38,39)/b9-7+,14-13+,17-16+,20-19+/t32-/m1/s1. The maximum atomic E-state index is 12.3. The molecule has 0 rings (SSSR count). The minimum absolute atomic E-state index is 0.174. The van der Waals surface area contributed by atoms with E-state index in [1.807, 2.05) is 0 Å². The Morgan fingerprint density at radius 3 is 1.65 bits per heavy atom. The van der Waals surface area contributed by atoms with E-state index in [1.165, 1.54) is 32.1 Å². The number of rotatable bonds is 29. The van der Waals surface area contributed by atoms with Crippen LogP contribution in [0.25, 0.3) is 0 Å². The first kappa shape index (κ1) is 41.0. The summed E-state index contributed by atoms with van der Waals surface area (Å²) in [6, 6.07) is 0. The van der Waals surface area contributed by atoms with E-state index >= 15 is 0 Å². The van der Waals surface area contributed by atoms with Crippen molar-refractivity contribution in [2.24, 2.45) is 0 Å². The normalized spacial score (nSPS) is 13.1. The van der Waals surface area contributed by atoms with Crippen LogP contribution in [-0.2, 0) is 28.2 Å². The first-order chi connectivity index (χ1) is 20.8. The lowest BCUT2D eigenvalue weighted by Gasteiger charge is -2.18. The van der Waals surface area contributed by atoms with E-state index in [9.17, 15) is 14.2 Å². The van der Waals surface area contributed by atoms with Crippen LogP contribution >= 0.6 is 7.82 Å². The van der Waals surface area contributed by atoms with Gasteiger partial charge >= 0.3 is 19.8 Å². The van der Waals surface area contributed by atoms with Crippen LogP contribution in [0, 0.1) is 0 Å². The summed E-state index contributed by atoms with van der Waals surface area (Å²) in [6.07, 6.45) is 34.2. The highest BCUT2D eigenvalue weighted by Crippen LogP contribution is 2.35. The number of hydrogen-bond donors (Lipinski definition) is 2. The van der Waals surface area contributed by atoms with Gasteiger partial charge in [0.25, 0.3) is 0 Å². The van der Waals surface area contributed by atoms with Crippen LogP contribution in [0.5, 0.6) is 0 Å². The number of carbonyl (C=O) groups is 2. The van der Waals surface area contributed by atoms with Gasteiger partial charge in [-0.1, -0.05) is 120 Å². The average molecular weight is 627 g/mol. The van der Waals surface area contributed by atoms with Gasteiger partial charge in [0.05, 0.1) is 6.61 Å². The van der Waals surface area contributed by atoms with Crippen LogP contribution < -0.4 is 0 Å². The second kappa shape index (κ2) is 30.1. The van der Waals surface area contributed by atoms with Crippen molar-refractivity contribution in [3.63, 3.8) is 0 Å². The third kappa shape index (κ3) is 32.8. The number of phosphoric ester groups is 1. The zero-order chi connectivity index (χ0) is 31.9. The lowest BCUT2D eigenvalue weighted by atomic mass is 10.1. The van der Waals surface area contributed by atoms with Gasteiger partial charge in [-0.15, -0.1) is 0 Å². The van der Waals surface area contributed by atoms with Crippen LogP contribution in [0.2, 0.25) is 0 Å². The summed E-state index contributed by atoms with van der Waals surface area (Å²) in [5.41, 5.74) is 0. The summed E-state index contributed by atoms with van der Waals surface area (Å²) < 4.78 is 26.1. The molecule has 43 heavy (non-hydrogen) atoms. The van der Waals surface area contributed by atoms with Gasteiger partial charge in [0.15, 0.2) is 6.10 Å². The second-order valence-electron chi connectivity index (χ2n) is 10.8. The molecule has 0 aromatic carbocycles. The number of hydrogen-bond acceptors (Lipinski definition) is 6. The smallest absolute Gasteiger partial charge is 0.462 e. The molecule has 0 aliphatic heterocycles. The number of phosphoric acid groups is 1. The molecule has 0 bridgehead atoms. The molecule has 9 heteroatoms. The van der Waals surface area contributed by atoms with Crippen molar-refractivity contribution >= 4 is 19.8 Å². The van der Waals surface area contributed by atoms with E-state index < -0.39 is 32.5 Å². The first-order valence-electron chi connectivity index (χ1n) is 16.4. The fourth-order valence-electron chi connectivity index (χ4n) is 4.13. The molecule has 248 valence electrons. The largest absolute Gasteiger partial charge is 0.469 e. The summed E-state index contributed by atoms with van der Waals surface area (Å²) in [4.78, 5) is 42.4. The molecule has 0 spiro atoms. The van der Waals surface area contributed by atoms with Gasteiger partial charge in [0.2, 0.25) is 0 Å². The molecule has 0 unspecified atom stereocenters. The summed E-state index contributed by atoms with van der Waals surface area (Å²) in [5, 5.41) is 0. The van der Waals surface area contributed by atoms with E-state index in [0.29, 0.717) is 6.42 Å². The molecule has 0 heterocycles. The molecule has 2 N–H and O–H groups in total. The molecular weight excluding hydrogens is 567 g/mol. The first-order valence-corrected chi connectivity index (χ1v) is 18.0. The van der Waals surface area contributed by atoms with Crippen LogP contribution in [0.15, 0.2) is 48.6 Å². The minimum atomic E-state index is -4.75. The number of carbonyl (C=O) groups excluding carboxylic acids is 2. The number of esters is 2. The molecule has 0 aromatic heterocycles. The lowest BCUT2D eigenvalue weighted by molar-refractivity contribution is -0.161. The topological polar surface area (TPSA) is 119 Å². The zero-order valence-electron chi connectivity index (χ0n) is 26.8.